The molecular weight excluding hydrogens is 613 g/mol. The molecule has 0 spiro atoms. The van der Waals surface area contributed by atoms with Crippen LogP contribution in [0.25, 0.3) is 0 Å². The van der Waals surface area contributed by atoms with E-state index in [9.17, 15) is 53.9 Å². The highest BCUT2D eigenvalue weighted by molar-refractivity contribution is 6.77. The number of alkyl halides is 9. The first-order chi connectivity index (χ1) is 19.8. The molecule has 0 unspecified atom stereocenters. The maximum Gasteiger partial charge on any atom is 0.470 e. The lowest BCUT2D eigenvalue weighted by Crippen LogP contribution is -2.78. The third-order valence-corrected chi connectivity index (χ3v) is 12.5. The van der Waals surface area contributed by atoms with Crippen LogP contribution in [0, 0.1) is 0 Å². The standard InChI is InChI=1S/C27H46F9N3O3Si/c1-5-6-7-8-9-10-11-12-13-14-15-16-17-18-19-20-21-43(37(2)22(40)25(28,29)30,38(3)23(41)26(31,32)33)39(4)24(42)27(34,35)36/h5-21H2,1-4H3. The predicted octanol–water partition coefficient (Wildman–Crippen LogP) is 8.25. The monoisotopic (exact) mass is 659 g/mol. The molecule has 0 aromatic carbocycles. The zero-order chi connectivity index (χ0) is 33.5. The van der Waals surface area contributed by atoms with Crippen LogP contribution in [0.4, 0.5) is 39.5 Å². The largest absolute Gasteiger partial charge is 0.470 e. The minimum atomic E-state index is -5.69. The molecule has 0 saturated carbocycles. The number of carbonyl (C=O) groups excluding carboxylic acids is 3. The molecule has 254 valence electrons. The van der Waals surface area contributed by atoms with Gasteiger partial charge in [-0.25, -0.2) is 0 Å². The van der Waals surface area contributed by atoms with Crippen molar-refractivity contribution < 1.29 is 53.9 Å². The molecule has 0 aromatic rings. The van der Waals surface area contributed by atoms with Gasteiger partial charge in [0.15, 0.2) is 0 Å². The normalized spacial score (nSPS) is 12.8. The highest BCUT2D eigenvalue weighted by atomic mass is 28.4. The molecule has 0 aliphatic rings. The van der Waals surface area contributed by atoms with Gasteiger partial charge in [-0.1, -0.05) is 110 Å². The van der Waals surface area contributed by atoms with Gasteiger partial charge in [0.05, 0.1) is 0 Å². The topological polar surface area (TPSA) is 60.9 Å². The van der Waals surface area contributed by atoms with Gasteiger partial charge in [0.2, 0.25) is 0 Å². The van der Waals surface area contributed by atoms with E-state index in [1.807, 2.05) is 0 Å². The average molecular weight is 660 g/mol. The number of unbranched alkanes of at least 4 members (excludes halogenated alkanes) is 15. The summed E-state index contributed by atoms with van der Waals surface area (Å²) in [6, 6.07) is -0.847. The van der Waals surface area contributed by atoms with Gasteiger partial charge in [-0.05, 0) is 6.04 Å². The minimum Gasteiger partial charge on any atom is -0.330 e. The molecule has 0 atom stereocenters. The third-order valence-electron chi connectivity index (χ3n) is 7.62. The van der Waals surface area contributed by atoms with Gasteiger partial charge in [0, 0.05) is 21.1 Å². The van der Waals surface area contributed by atoms with Crippen molar-refractivity contribution in [3.8, 4) is 0 Å². The van der Waals surface area contributed by atoms with Gasteiger partial charge in [0.25, 0.3) is 0 Å². The molecule has 0 bridgehead atoms. The predicted molar refractivity (Wildman–Crippen MR) is 147 cm³/mol. The highest BCUT2D eigenvalue weighted by Crippen LogP contribution is 2.34. The average Bonchev–Trinajstić information content (AvgIpc) is 2.91. The first-order valence-corrected chi connectivity index (χ1v) is 16.9. The van der Waals surface area contributed by atoms with E-state index in [0.717, 1.165) is 32.1 Å². The van der Waals surface area contributed by atoms with Crippen molar-refractivity contribution in [1.82, 2.24) is 13.7 Å². The Bertz CT molecular complexity index is 773. The summed E-state index contributed by atoms with van der Waals surface area (Å²) in [5, 5.41) is 0. The second-order valence-corrected chi connectivity index (χ2v) is 15.0. The first-order valence-electron chi connectivity index (χ1n) is 14.8. The molecular formula is C27H46F9N3O3Si. The van der Waals surface area contributed by atoms with Gasteiger partial charge in [-0.15, -0.1) is 0 Å². The molecule has 0 N–H and O–H groups in total. The van der Waals surface area contributed by atoms with Crippen molar-refractivity contribution in [2.75, 3.05) is 21.1 Å². The van der Waals surface area contributed by atoms with Crippen molar-refractivity contribution in [3.63, 3.8) is 0 Å². The Morgan fingerprint density at radius 3 is 0.860 bits per heavy atom. The summed E-state index contributed by atoms with van der Waals surface area (Å²) < 4.78 is 119. The van der Waals surface area contributed by atoms with Crippen LogP contribution in [0.15, 0.2) is 0 Å². The number of hydrogen-bond donors (Lipinski definition) is 0. The maximum absolute atomic E-state index is 13.3. The summed E-state index contributed by atoms with van der Waals surface area (Å²) in [5.74, 6) is -8.29. The molecule has 0 aromatic heterocycles. The Hall–Kier alpha value is -2.00. The van der Waals surface area contributed by atoms with Gasteiger partial charge in [-0.2, -0.15) is 39.5 Å². The smallest absolute Gasteiger partial charge is 0.330 e. The molecule has 0 rings (SSSR count). The molecule has 6 nitrogen and oxygen atoms in total. The first kappa shape index (κ1) is 41.0. The summed E-state index contributed by atoms with van der Waals surface area (Å²) in [6.45, 7) is 2.17. The van der Waals surface area contributed by atoms with E-state index in [1.54, 1.807) is 0 Å². The van der Waals surface area contributed by atoms with E-state index < -0.39 is 50.9 Å². The van der Waals surface area contributed by atoms with E-state index in [0.29, 0.717) is 34.0 Å². The molecule has 3 amide bonds. The van der Waals surface area contributed by atoms with Crippen LogP contribution in [-0.2, 0) is 14.4 Å². The van der Waals surface area contributed by atoms with Crippen LogP contribution in [0.5, 0.6) is 0 Å². The fourth-order valence-corrected chi connectivity index (χ4v) is 9.58. The van der Waals surface area contributed by atoms with Crippen LogP contribution >= 0.6 is 0 Å². The molecule has 43 heavy (non-hydrogen) atoms. The van der Waals surface area contributed by atoms with Crippen molar-refractivity contribution >= 4 is 26.3 Å². The van der Waals surface area contributed by atoms with Gasteiger partial charge >= 0.3 is 44.8 Å². The number of halogens is 9. The molecule has 16 heteroatoms. The number of hydrogen-bond acceptors (Lipinski definition) is 3. The Labute approximate surface area is 249 Å². The molecule has 0 saturated heterocycles. The van der Waals surface area contributed by atoms with E-state index in [4.69, 9.17) is 0 Å². The quantitative estimate of drug-likeness (QED) is 0.0752. The van der Waals surface area contributed by atoms with Crippen LogP contribution < -0.4 is 0 Å². The lowest BCUT2D eigenvalue weighted by atomic mass is 10.0. The zero-order valence-electron chi connectivity index (χ0n) is 25.5. The lowest BCUT2D eigenvalue weighted by Gasteiger charge is -2.49. The Morgan fingerprint density at radius 2 is 0.651 bits per heavy atom. The van der Waals surface area contributed by atoms with Crippen molar-refractivity contribution in [3.05, 3.63) is 0 Å². The molecule has 0 radical (unpaired) electrons. The van der Waals surface area contributed by atoms with Crippen LogP contribution in [-0.4, -0.2) is 79.6 Å². The second-order valence-electron chi connectivity index (χ2n) is 10.9. The van der Waals surface area contributed by atoms with Gasteiger partial charge in [-0.3, -0.25) is 14.4 Å². The molecule has 0 heterocycles. The van der Waals surface area contributed by atoms with E-state index in [2.05, 4.69) is 6.92 Å². The van der Waals surface area contributed by atoms with Crippen LogP contribution in [0.2, 0.25) is 6.04 Å². The highest BCUT2D eigenvalue weighted by Gasteiger charge is 2.63. The van der Waals surface area contributed by atoms with Crippen molar-refractivity contribution in [1.29, 1.82) is 0 Å². The number of amides is 3. The summed E-state index contributed by atoms with van der Waals surface area (Å²) in [4.78, 5) is 36.4. The van der Waals surface area contributed by atoms with Crippen LogP contribution in [0.3, 0.4) is 0 Å². The third kappa shape index (κ3) is 13.7. The fourth-order valence-electron chi connectivity index (χ4n) is 5.15. The van der Waals surface area contributed by atoms with Gasteiger partial charge in [0.1, 0.15) is 0 Å². The molecule has 0 aliphatic carbocycles. The van der Waals surface area contributed by atoms with Crippen LogP contribution in [0.1, 0.15) is 110 Å². The summed E-state index contributed by atoms with van der Waals surface area (Å²) in [5.41, 5.74) is 0. The second kappa shape index (κ2) is 18.7. The summed E-state index contributed by atoms with van der Waals surface area (Å²) in [6.07, 6.45) is -2.29. The van der Waals surface area contributed by atoms with E-state index in [1.165, 1.54) is 44.9 Å². The lowest BCUT2D eigenvalue weighted by molar-refractivity contribution is -0.187. The molecule has 0 aliphatic heterocycles. The number of nitrogens with zero attached hydrogens (tertiary/aromatic N) is 3. The Kier molecular flexibility index (Phi) is 17.9. The summed E-state index contributed by atoms with van der Waals surface area (Å²) >= 11 is 0. The van der Waals surface area contributed by atoms with Crippen molar-refractivity contribution in [2.45, 2.75) is 134 Å². The maximum atomic E-state index is 13.3. The Balaban J connectivity index is 5.36. The zero-order valence-corrected chi connectivity index (χ0v) is 26.5. The summed E-state index contributed by atoms with van der Waals surface area (Å²) in [7, 11) is -4.33. The molecule has 0 fully saturated rings. The Morgan fingerprint density at radius 1 is 0.442 bits per heavy atom. The van der Waals surface area contributed by atoms with Gasteiger partial charge < -0.3 is 13.7 Å². The van der Waals surface area contributed by atoms with E-state index >= 15 is 0 Å². The number of carbonyl (C=O) groups is 3. The van der Waals surface area contributed by atoms with Crippen molar-refractivity contribution in [2.24, 2.45) is 0 Å². The fraction of sp³-hybridized carbons (Fsp3) is 0.889. The SMILES string of the molecule is CCCCCCCCCCCCCCCCCC[Si](N(C)C(=O)C(F)(F)F)(N(C)C(=O)C(F)(F)F)N(C)C(=O)C(F)(F)F. The van der Waals surface area contributed by atoms with E-state index in [-0.39, 0.29) is 26.5 Å². The minimum absolute atomic E-state index is 0.197. The number of rotatable bonds is 20.